The summed E-state index contributed by atoms with van der Waals surface area (Å²) in [6.07, 6.45) is 0.0413. The van der Waals surface area contributed by atoms with E-state index < -0.39 is 19.0 Å². The van der Waals surface area contributed by atoms with Crippen molar-refractivity contribution in [1.29, 1.82) is 0 Å². The molecule has 0 aliphatic heterocycles. The molecular weight excluding hydrogens is 169 g/mol. The van der Waals surface area contributed by atoms with Gasteiger partial charge >= 0.3 is 5.97 Å². The summed E-state index contributed by atoms with van der Waals surface area (Å²) in [4.78, 5) is 19.2. The van der Waals surface area contributed by atoms with Gasteiger partial charge in [-0.15, -0.1) is 0 Å². The van der Waals surface area contributed by atoms with Gasteiger partial charge in [-0.2, -0.15) is 0 Å². The monoisotopic (exact) mass is 181 g/mol. The van der Waals surface area contributed by atoms with Crippen LogP contribution in [0.4, 0.5) is 0 Å². The third-order valence-electron chi connectivity index (χ3n) is 1.30. The summed E-state index contributed by atoms with van der Waals surface area (Å²) < 4.78 is 10.9. The minimum absolute atomic E-state index is 0.0413. The van der Waals surface area contributed by atoms with E-state index in [-0.39, 0.29) is 13.0 Å². The van der Waals surface area contributed by atoms with Crippen LogP contribution in [0.3, 0.4) is 0 Å². The first-order valence-electron chi connectivity index (χ1n) is 3.12. The molecular formula is C5H12NO4P. The number of carboxylic acid groups (broad SMARTS) is 1. The van der Waals surface area contributed by atoms with Crippen molar-refractivity contribution in [2.45, 2.75) is 12.1 Å². The Morgan fingerprint density at radius 2 is 2.18 bits per heavy atom. The van der Waals surface area contributed by atoms with Crippen molar-refractivity contribution in [2.24, 2.45) is 5.73 Å². The Morgan fingerprint density at radius 3 is 2.27 bits per heavy atom. The van der Waals surface area contributed by atoms with Crippen molar-refractivity contribution in [3.05, 3.63) is 0 Å². The Kier molecular flexibility index (Phi) is 3.72. The number of carbonyl (C=O) groups is 1. The topological polar surface area (TPSA) is 101 Å². The third-order valence-corrected chi connectivity index (χ3v) is 2.94. The maximum Gasteiger partial charge on any atom is 0.316 e. The highest BCUT2D eigenvalue weighted by molar-refractivity contribution is 7.58. The van der Waals surface area contributed by atoms with Gasteiger partial charge in [0.1, 0.15) is 5.66 Å². The second-order valence-electron chi connectivity index (χ2n) is 2.37. The largest absolute Gasteiger partial charge is 0.481 e. The van der Waals surface area contributed by atoms with E-state index in [0.29, 0.717) is 0 Å². The zero-order chi connectivity index (χ0) is 9.07. The fourth-order valence-electron chi connectivity index (χ4n) is 0.726. The molecule has 11 heavy (non-hydrogen) atoms. The van der Waals surface area contributed by atoms with Gasteiger partial charge in [0.25, 0.3) is 0 Å². The lowest BCUT2D eigenvalue weighted by Gasteiger charge is -2.13. The fourth-order valence-corrected chi connectivity index (χ4v) is 1.76. The average Bonchev–Trinajstić information content (AvgIpc) is 1.79. The third kappa shape index (κ3) is 3.51. The first kappa shape index (κ1) is 10.6. The highest BCUT2D eigenvalue weighted by Crippen LogP contribution is 2.43. The van der Waals surface area contributed by atoms with Crippen molar-refractivity contribution in [3.63, 3.8) is 0 Å². The highest BCUT2D eigenvalue weighted by Gasteiger charge is 2.31. The van der Waals surface area contributed by atoms with Crippen LogP contribution in [0.25, 0.3) is 0 Å². The minimum Gasteiger partial charge on any atom is -0.481 e. The van der Waals surface area contributed by atoms with Gasteiger partial charge in [0.05, 0.1) is 0 Å². The highest BCUT2D eigenvalue weighted by atomic mass is 31.2. The molecule has 66 valence electrons. The lowest BCUT2D eigenvalue weighted by Crippen LogP contribution is -2.23. The smallest absolute Gasteiger partial charge is 0.316 e. The number of hydrogen-bond acceptors (Lipinski definition) is 3. The van der Waals surface area contributed by atoms with Crippen molar-refractivity contribution in [3.8, 4) is 0 Å². The Balaban J connectivity index is 4.35. The molecule has 0 aliphatic rings. The number of hydrogen-bond donors (Lipinski definition) is 3. The van der Waals surface area contributed by atoms with Crippen LogP contribution in [0.1, 0.15) is 6.42 Å². The molecule has 0 aromatic heterocycles. The summed E-state index contributed by atoms with van der Waals surface area (Å²) in [5, 5.41) is 8.45. The van der Waals surface area contributed by atoms with E-state index >= 15 is 0 Å². The summed E-state index contributed by atoms with van der Waals surface area (Å²) in [7, 11) is -3.53. The van der Waals surface area contributed by atoms with Crippen LogP contribution in [0.2, 0.25) is 0 Å². The van der Waals surface area contributed by atoms with Crippen molar-refractivity contribution >= 4 is 13.3 Å². The quantitative estimate of drug-likeness (QED) is 0.516. The maximum atomic E-state index is 10.9. The fraction of sp³-hybridized carbons (Fsp3) is 0.800. The first-order valence-corrected chi connectivity index (χ1v) is 5.30. The van der Waals surface area contributed by atoms with Crippen LogP contribution in [-0.2, 0) is 9.36 Å². The SMILES string of the molecule is CP(=O)(O)C(CCN)C(=O)O. The molecule has 0 aromatic carbocycles. The summed E-state index contributed by atoms with van der Waals surface area (Å²) in [6, 6.07) is 0. The molecule has 0 saturated carbocycles. The van der Waals surface area contributed by atoms with Crippen LogP contribution in [0.5, 0.6) is 0 Å². The van der Waals surface area contributed by atoms with Gasteiger partial charge in [0.15, 0.2) is 0 Å². The normalized spacial score (nSPS) is 18.8. The molecule has 6 heteroatoms. The zero-order valence-corrected chi connectivity index (χ0v) is 7.12. The van der Waals surface area contributed by atoms with Crippen molar-refractivity contribution in [1.82, 2.24) is 0 Å². The van der Waals surface area contributed by atoms with Crippen molar-refractivity contribution in [2.75, 3.05) is 13.2 Å². The van der Waals surface area contributed by atoms with Crippen LogP contribution in [-0.4, -0.2) is 34.8 Å². The number of aliphatic carboxylic acids is 1. The molecule has 0 aliphatic carbocycles. The summed E-state index contributed by atoms with van der Waals surface area (Å²) >= 11 is 0. The molecule has 0 bridgehead atoms. The van der Waals surface area contributed by atoms with Gasteiger partial charge in [-0.05, 0) is 13.0 Å². The predicted octanol–water partition coefficient (Wildman–Crippen LogP) is -0.311. The minimum atomic E-state index is -3.53. The van der Waals surface area contributed by atoms with Gasteiger partial charge in [-0.25, -0.2) is 0 Å². The Bertz CT molecular complexity index is 187. The van der Waals surface area contributed by atoms with Crippen LogP contribution >= 0.6 is 7.37 Å². The van der Waals surface area contributed by atoms with E-state index in [1.165, 1.54) is 0 Å². The molecule has 0 saturated heterocycles. The Hall–Kier alpha value is -0.380. The predicted molar refractivity (Wildman–Crippen MR) is 40.8 cm³/mol. The van der Waals surface area contributed by atoms with Crippen molar-refractivity contribution < 1.29 is 19.4 Å². The lowest BCUT2D eigenvalue weighted by atomic mass is 10.3. The number of carboxylic acids is 1. The van der Waals surface area contributed by atoms with E-state index in [1.54, 1.807) is 0 Å². The van der Waals surface area contributed by atoms with E-state index in [4.69, 9.17) is 15.7 Å². The van der Waals surface area contributed by atoms with Gasteiger partial charge < -0.3 is 15.7 Å². The molecule has 0 spiro atoms. The maximum absolute atomic E-state index is 10.9. The van der Waals surface area contributed by atoms with E-state index in [9.17, 15) is 9.36 Å². The second kappa shape index (κ2) is 3.85. The number of rotatable bonds is 4. The molecule has 0 radical (unpaired) electrons. The molecule has 0 fully saturated rings. The van der Waals surface area contributed by atoms with Gasteiger partial charge in [0.2, 0.25) is 7.37 Å². The van der Waals surface area contributed by atoms with E-state index in [0.717, 1.165) is 6.66 Å². The van der Waals surface area contributed by atoms with E-state index in [1.807, 2.05) is 0 Å². The zero-order valence-electron chi connectivity index (χ0n) is 6.23. The standard InChI is InChI=1S/C5H12NO4P/c1-11(9,10)4(2-3-6)5(7)8/h4H,2-3,6H2,1H3,(H,7,8)(H,9,10). The molecule has 2 atom stereocenters. The van der Waals surface area contributed by atoms with Gasteiger partial charge in [-0.1, -0.05) is 0 Å². The Morgan fingerprint density at radius 1 is 1.73 bits per heavy atom. The van der Waals surface area contributed by atoms with Crippen LogP contribution in [0.15, 0.2) is 0 Å². The first-order chi connectivity index (χ1) is 4.89. The molecule has 0 aromatic rings. The lowest BCUT2D eigenvalue weighted by molar-refractivity contribution is -0.136. The molecule has 5 nitrogen and oxygen atoms in total. The van der Waals surface area contributed by atoms with Gasteiger partial charge in [0, 0.05) is 6.66 Å². The molecule has 2 unspecified atom stereocenters. The molecule has 4 N–H and O–H groups in total. The summed E-state index contributed by atoms with van der Waals surface area (Å²) in [6.45, 7) is 1.14. The number of nitrogens with two attached hydrogens (primary N) is 1. The summed E-state index contributed by atoms with van der Waals surface area (Å²) in [5.74, 6) is -1.26. The average molecular weight is 181 g/mol. The van der Waals surface area contributed by atoms with E-state index in [2.05, 4.69) is 0 Å². The second-order valence-corrected chi connectivity index (χ2v) is 4.88. The van der Waals surface area contributed by atoms with Gasteiger partial charge in [-0.3, -0.25) is 9.36 Å². The summed E-state index contributed by atoms with van der Waals surface area (Å²) in [5.41, 5.74) is 3.85. The molecule has 0 heterocycles. The van der Waals surface area contributed by atoms with Crippen LogP contribution < -0.4 is 5.73 Å². The van der Waals surface area contributed by atoms with Crippen LogP contribution in [0, 0.1) is 0 Å². The molecule has 0 rings (SSSR count). The Labute approximate surface area is 64.7 Å². The molecule has 0 amide bonds.